The van der Waals surface area contributed by atoms with Gasteiger partial charge in [0, 0.05) is 5.56 Å². The fraction of sp³-hybridized carbons (Fsp3) is 0.381. The van der Waals surface area contributed by atoms with E-state index in [0.717, 1.165) is 30.5 Å². The zero-order chi connectivity index (χ0) is 17.2. The Kier molecular flexibility index (Phi) is 7.93. The molecule has 3 heteroatoms. The largest absolute Gasteiger partial charge is 0.389 e. The molecule has 0 fully saturated rings. The summed E-state index contributed by atoms with van der Waals surface area (Å²) in [5.74, 6) is 0. The van der Waals surface area contributed by atoms with Gasteiger partial charge >= 0.3 is 0 Å². The summed E-state index contributed by atoms with van der Waals surface area (Å²) in [6.07, 6.45) is 8.77. The predicted octanol–water partition coefficient (Wildman–Crippen LogP) is 4.83. The van der Waals surface area contributed by atoms with E-state index >= 15 is 0 Å². The van der Waals surface area contributed by atoms with Gasteiger partial charge in [0.05, 0.1) is 0 Å². The van der Waals surface area contributed by atoms with Crippen LogP contribution in [0.1, 0.15) is 49.7 Å². The van der Waals surface area contributed by atoms with Crippen molar-refractivity contribution in [2.24, 2.45) is 11.5 Å². The highest BCUT2D eigenvalue weighted by atomic mass is 32.1. The van der Waals surface area contributed by atoms with Crippen LogP contribution < -0.4 is 11.5 Å². The number of unbranched alkanes of at least 4 members (excludes halogenated alkanes) is 5. The van der Waals surface area contributed by atoms with Gasteiger partial charge in [-0.25, -0.2) is 0 Å². The van der Waals surface area contributed by atoms with Gasteiger partial charge in [-0.15, -0.1) is 0 Å². The third kappa shape index (κ3) is 5.73. The highest BCUT2D eigenvalue weighted by molar-refractivity contribution is 7.80. The Bertz CT molecular complexity index is 635. The number of hydrogen-bond acceptors (Lipinski definition) is 2. The summed E-state index contributed by atoms with van der Waals surface area (Å²) >= 11 is 5.15. The first kappa shape index (κ1) is 18.6. The molecule has 4 N–H and O–H groups in total. The average Bonchev–Trinajstić information content (AvgIpc) is 2.61. The second-order valence-electron chi connectivity index (χ2n) is 6.27. The van der Waals surface area contributed by atoms with Gasteiger partial charge in [0.25, 0.3) is 0 Å². The van der Waals surface area contributed by atoms with Gasteiger partial charge in [-0.1, -0.05) is 86.4 Å². The van der Waals surface area contributed by atoms with Crippen molar-refractivity contribution < 1.29 is 0 Å². The smallest absolute Gasteiger partial charge is 0.104 e. The van der Waals surface area contributed by atoms with E-state index in [1.54, 1.807) is 0 Å². The number of hydrogen-bond donors (Lipinski definition) is 2. The molecule has 0 atom stereocenters. The predicted molar refractivity (Wildman–Crippen MR) is 108 cm³/mol. The molecular weight excluding hydrogens is 312 g/mol. The van der Waals surface area contributed by atoms with E-state index in [0.29, 0.717) is 4.99 Å². The minimum atomic E-state index is 0.448. The van der Waals surface area contributed by atoms with Crippen molar-refractivity contribution in [2.45, 2.75) is 44.9 Å². The standard InChI is InChI=1S/C21H28N2S/c22-16-8-4-2-1-3-5-9-17-12-14-18(15-13-17)19-10-6-7-11-20(19)21(23)24/h6-7,10-15H,1-5,8-9,16,22H2,(H2,23,24). The van der Waals surface area contributed by atoms with Crippen LogP contribution in [0.25, 0.3) is 11.1 Å². The minimum absolute atomic E-state index is 0.448. The number of benzene rings is 2. The summed E-state index contributed by atoms with van der Waals surface area (Å²) < 4.78 is 0. The molecular formula is C21H28N2S. The minimum Gasteiger partial charge on any atom is -0.389 e. The van der Waals surface area contributed by atoms with Crippen LogP contribution in [0.2, 0.25) is 0 Å². The molecule has 2 nitrogen and oxygen atoms in total. The summed E-state index contributed by atoms with van der Waals surface area (Å²) in [6.45, 7) is 0.824. The molecule has 0 saturated heterocycles. The molecule has 0 bridgehead atoms. The summed E-state index contributed by atoms with van der Waals surface area (Å²) in [7, 11) is 0. The van der Waals surface area contributed by atoms with Crippen LogP contribution in [0.3, 0.4) is 0 Å². The maximum Gasteiger partial charge on any atom is 0.104 e. The van der Waals surface area contributed by atoms with E-state index in [2.05, 4.69) is 30.3 Å². The molecule has 2 rings (SSSR count). The van der Waals surface area contributed by atoms with Gasteiger partial charge in [-0.05, 0) is 42.5 Å². The van der Waals surface area contributed by atoms with Crippen molar-refractivity contribution in [2.75, 3.05) is 6.54 Å². The van der Waals surface area contributed by atoms with Gasteiger partial charge in [0.15, 0.2) is 0 Å². The molecule has 0 spiro atoms. The fourth-order valence-corrected chi connectivity index (χ4v) is 3.16. The van der Waals surface area contributed by atoms with Gasteiger partial charge in [0.2, 0.25) is 0 Å². The Hall–Kier alpha value is -1.71. The first-order valence-electron chi connectivity index (χ1n) is 8.90. The lowest BCUT2D eigenvalue weighted by Gasteiger charge is -2.09. The van der Waals surface area contributed by atoms with E-state index in [4.69, 9.17) is 23.7 Å². The van der Waals surface area contributed by atoms with Crippen molar-refractivity contribution in [1.29, 1.82) is 0 Å². The van der Waals surface area contributed by atoms with Crippen molar-refractivity contribution in [3.63, 3.8) is 0 Å². The van der Waals surface area contributed by atoms with E-state index < -0.39 is 0 Å². The fourth-order valence-electron chi connectivity index (χ4n) is 2.98. The third-order valence-corrected chi connectivity index (χ3v) is 4.60. The molecule has 0 radical (unpaired) electrons. The Labute approximate surface area is 151 Å². The lowest BCUT2D eigenvalue weighted by atomic mass is 9.97. The number of aryl methyl sites for hydroxylation is 1. The lowest BCUT2D eigenvalue weighted by molar-refractivity contribution is 0.597. The van der Waals surface area contributed by atoms with Crippen LogP contribution in [0.4, 0.5) is 0 Å². The summed E-state index contributed by atoms with van der Waals surface area (Å²) in [5, 5.41) is 0. The van der Waals surface area contributed by atoms with Crippen molar-refractivity contribution >= 4 is 17.2 Å². The van der Waals surface area contributed by atoms with Crippen molar-refractivity contribution in [1.82, 2.24) is 0 Å². The van der Waals surface area contributed by atoms with E-state index in [9.17, 15) is 0 Å². The van der Waals surface area contributed by atoms with Gasteiger partial charge in [-0.3, -0.25) is 0 Å². The molecule has 128 valence electrons. The molecule has 0 aromatic heterocycles. The lowest BCUT2D eigenvalue weighted by Crippen LogP contribution is -2.10. The maximum absolute atomic E-state index is 5.83. The monoisotopic (exact) mass is 340 g/mol. The first-order chi connectivity index (χ1) is 11.7. The van der Waals surface area contributed by atoms with Crippen LogP contribution in [-0.4, -0.2) is 11.5 Å². The molecule has 2 aromatic rings. The molecule has 0 saturated carbocycles. The highest BCUT2D eigenvalue weighted by Gasteiger charge is 2.06. The van der Waals surface area contributed by atoms with Crippen LogP contribution in [0.5, 0.6) is 0 Å². The zero-order valence-corrected chi connectivity index (χ0v) is 15.2. The maximum atomic E-state index is 5.83. The Morgan fingerprint density at radius 1 is 0.792 bits per heavy atom. The summed E-state index contributed by atoms with van der Waals surface area (Å²) in [6, 6.07) is 16.8. The Balaban J connectivity index is 1.86. The Morgan fingerprint density at radius 3 is 2.08 bits per heavy atom. The van der Waals surface area contributed by atoms with Crippen LogP contribution in [0, 0.1) is 0 Å². The Morgan fingerprint density at radius 2 is 1.42 bits per heavy atom. The number of rotatable bonds is 10. The molecule has 0 amide bonds. The van der Waals surface area contributed by atoms with Gasteiger partial charge in [-0.2, -0.15) is 0 Å². The molecule has 24 heavy (non-hydrogen) atoms. The highest BCUT2D eigenvalue weighted by Crippen LogP contribution is 2.24. The molecule has 2 aromatic carbocycles. The summed E-state index contributed by atoms with van der Waals surface area (Å²) in [4.78, 5) is 0.448. The van der Waals surface area contributed by atoms with E-state index in [-0.39, 0.29) is 0 Å². The average molecular weight is 341 g/mol. The van der Waals surface area contributed by atoms with Gasteiger partial charge in [0.1, 0.15) is 4.99 Å². The van der Waals surface area contributed by atoms with Gasteiger partial charge < -0.3 is 11.5 Å². The van der Waals surface area contributed by atoms with Crippen LogP contribution in [0.15, 0.2) is 48.5 Å². The molecule has 0 aliphatic carbocycles. The third-order valence-electron chi connectivity index (χ3n) is 4.38. The number of thiocarbonyl (C=S) groups is 1. The molecule has 0 heterocycles. The second-order valence-corrected chi connectivity index (χ2v) is 6.71. The summed E-state index contributed by atoms with van der Waals surface area (Å²) in [5.41, 5.74) is 16.0. The SMILES string of the molecule is NCCCCCCCCc1ccc(-c2ccccc2C(N)=S)cc1. The normalized spacial score (nSPS) is 10.7. The number of nitrogens with two attached hydrogens (primary N) is 2. The van der Waals surface area contributed by atoms with E-state index in [1.807, 2.05) is 18.2 Å². The zero-order valence-electron chi connectivity index (χ0n) is 14.3. The van der Waals surface area contributed by atoms with Crippen molar-refractivity contribution in [3.05, 3.63) is 59.7 Å². The molecule has 0 aliphatic heterocycles. The van der Waals surface area contributed by atoms with Crippen LogP contribution in [-0.2, 0) is 6.42 Å². The quantitative estimate of drug-likeness (QED) is 0.481. The second kappa shape index (κ2) is 10.2. The van der Waals surface area contributed by atoms with E-state index in [1.165, 1.54) is 43.2 Å². The van der Waals surface area contributed by atoms with Crippen molar-refractivity contribution in [3.8, 4) is 11.1 Å². The topological polar surface area (TPSA) is 52.0 Å². The first-order valence-corrected chi connectivity index (χ1v) is 9.31. The molecule has 0 aliphatic rings. The van der Waals surface area contributed by atoms with Crippen LogP contribution >= 0.6 is 12.2 Å². The molecule has 0 unspecified atom stereocenters.